The molecule has 0 spiro atoms. The average molecular weight is 416 g/mol. The summed E-state index contributed by atoms with van der Waals surface area (Å²) in [5.74, 6) is 1.18. The highest BCUT2D eigenvalue weighted by molar-refractivity contribution is 8.00. The quantitative estimate of drug-likeness (QED) is 0.398. The largest absolute Gasteiger partial charge is 0.457 e. The van der Waals surface area contributed by atoms with Crippen molar-refractivity contribution in [3.63, 3.8) is 0 Å². The molecule has 150 valence electrons. The highest BCUT2D eigenvalue weighted by Crippen LogP contribution is 2.37. The van der Waals surface area contributed by atoms with E-state index >= 15 is 0 Å². The molecule has 0 aromatic heterocycles. The maximum atomic E-state index is 12.4. The molecule has 6 heteroatoms. The number of hydrogen-bond acceptors (Lipinski definition) is 3. The van der Waals surface area contributed by atoms with Crippen molar-refractivity contribution in [1.82, 2.24) is 0 Å². The number of carbonyl (C=O) groups excluding carboxylic acids is 1. The highest BCUT2D eigenvalue weighted by atomic mass is 32.2. The number of rotatable bonds is 7. The van der Waals surface area contributed by atoms with E-state index in [2.05, 4.69) is 0 Å². The van der Waals surface area contributed by atoms with Gasteiger partial charge in [0, 0.05) is 17.7 Å². The third-order valence-electron chi connectivity index (χ3n) is 4.17. The fourth-order valence-electron chi connectivity index (χ4n) is 2.89. The third kappa shape index (κ3) is 6.68. The predicted octanol–water partition coefficient (Wildman–Crippen LogP) is 6.75. The molecule has 0 saturated carbocycles. The third-order valence-corrected chi connectivity index (χ3v) is 4.91. The Morgan fingerprint density at radius 3 is 2.17 bits per heavy atom. The normalized spacial score (nSPS) is 11.3. The second kappa shape index (κ2) is 9.18. The summed E-state index contributed by atoms with van der Waals surface area (Å²) in [5.41, 5.74) is -1.58. The van der Waals surface area contributed by atoms with Gasteiger partial charge in [-0.1, -0.05) is 42.5 Å². The van der Waals surface area contributed by atoms with Gasteiger partial charge in [-0.3, -0.25) is 4.79 Å². The molecule has 0 aliphatic carbocycles. The minimum atomic E-state index is -4.31. The lowest BCUT2D eigenvalue weighted by Crippen LogP contribution is -2.06. The number of benzene rings is 3. The van der Waals surface area contributed by atoms with Crippen LogP contribution in [-0.2, 0) is 17.6 Å². The summed E-state index contributed by atoms with van der Waals surface area (Å²) in [6.45, 7) is 1.87. The zero-order chi connectivity index (χ0) is 20.9. The summed E-state index contributed by atoms with van der Waals surface area (Å²) in [5, 5.41) is 0. The number of halogens is 3. The van der Waals surface area contributed by atoms with E-state index in [-0.39, 0.29) is 22.4 Å². The van der Waals surface area contributed by atoms with Gasteiger partial charge < -0.3 is 4.74 Å². The van der Waals surface area contributed by atoms with Crippen LogP contribution in [-0.4, -0.2) is 11.3 Å². The van der Waals surface area contributed by atoms with Crippen LogP contribution in [0.25, 0.3) is 0 Å². The van der Waals surface area contributed by atoms with Crippen molar-refractivity contribution in [2.45, 2.75) is 30.2 Å². The summed E-state index contributed by atoms with van der Waals surface area (Å²) < 4.78 is 43.0. The summed E-state index contributed by atoms with van der Waals surface area (Å²) >= 11 is -0.161. The Kier molecular flexibility index (Phi) is 6.64. The number of hydrogen-bond donors (Lipinski definition) is 0. The molecule has 0 aliphatic rings. The number of aryl methyl sites for hydroxylation is 1. The van der Waals surface area contributed by atoms with Crippen LogP contribution in [0.15, 0.2) is 77.7 Å². The molecule has 0 bridgehead atoms. The number of ether oxygens (including phenoxy) is 1. The Hall–Kier alpha value is -2.73. The molecule has 0 atom stereocenters. The zero-order valence-corrected chi connectivity index (χ0v) is 16.5. The lowest BCUT2D eigenvalue weighted by Gasteiger charge is -2.11. The van der Waals surface area contributed by atoms with Gasteiger partial charge in [-0.25, -0.2) is 0 Å². The van der Waals surface area contributed by atoms with Crippen molar-refractivity contribution in [3.05, 3.63) is 89.5 Å². The molecule has 0 heterocycles. The van der Waals surface area contributed by atoms with Gasteiger partial charge in [0.2, 0.25) is 0 Å². The Morgan fingerprint density at radius 1 is 0.897 bits per heavy atom. The first-order chi connectivity index (χ1) is 13.8. The van der Waals surface area contributed by atoms with E-state index in [1.54, 1.807) is 6.07 Å². The van der Waals surface area contributed by atoms with Crippen molar-refractivity contribution in [2.24, 2.45) is 0 Å². The van der Waals surface area contributed by atoms with Crippen LogP contribution in [0.1, 0.15) is 16.7 Å². The molecule has 0 amide bonds. The molecule has 3 aromatic carbocycles. The van der Waals surface area contributed by atoms with Crippen LogP contribution < -0.4 is 4.74 Å². The molecular formula is C23H19F3O2S. The summed E-state index contributed by atoms with van der Waals surface area (Å²) in [6, 6.07) is 20.9. The van der Waals surface area contributed by atoms with Crippen molar-refractivity contribution in [3.8, 4) is 11.5 Å². The maximum absolute atomic E-state index is 12.4. The van der Waals surface area contributed by atoms with Crippen LogP contribution in [0.3, 0.4) is 0 Å². The molecule has 0 aliphatic heterocycles. The molecule has 3 rings (SSSR count). The van der Waals surface area contributed by atoms with Gasteiger partial charge in [0.1, 0.15) is 17.3 Å². The van der Waals surface area contributed by atoms with E-state index in [1.807, 2.05) is 49.4 Å². The Morgan fingerprint density at radius 2 is 1.55 bits per heavy atom. The van der Waals surface area contributed by atoms with E-state index in [1.165, 1.54) is 24.3 Å². The van der Waals surface area contributed by atoms with Crippen LogP contribution in [0, 0.1) is 6.92 Å². The standard InChI is InChI=1S/C23H19F3O2S/c1-16-13-18(15-19(27)14-17-5-3-2-4-6-17)7-12-22(16)28-20-8-10-21(11-9-20)29-23(24,25)26/h2-13H,14-15H2,1H3. The van der Waals surface area contributed by atoms with Crippen LogP contribution in [0.5, 0.6) is 11.5 Å². The highest BCUT2D eigenvalue weighted by Gasteiger charge is 2.29. The smallest absolute Gasteiger partial charge is 0.446 e. The zero-order valence-electron chi connectivity index (χ0n) is 15.7. The maximum Gasteiger partial charge on any atom is 0.446 e. The molecule has 29 heavy (non-hydrogen) atoms. The van der Waals surface area contributed by atoms with Crippen LogP contribution in [0.2, 0.25) is 0 Å². The van der Waals surface area contributed by atoms with Gasteiger partial charge in [-0.2, -0.15) is 13.2 Å². The first kappa shape index (κ1) is 21.0. The van der Waals surface area contributed by atoms with E-state index < -0.39 is 5.51 Å². The summed E-state index contributed by atoms with van der Waals surface area (Å²) in [6.07, 6.45) is 0.722. The van der Waals surface area contributed by atoms with Crippen LogP contribution >= 0.6 is 11.8 Å². The second-order valence-electron chi connectivity index (χ2n) is 6.60. The van der Waals surface area contributed by atoms with E-state index in [4.69, 9.17) is 4.74 Å². The van der Waals surface area contributed by atoms with Crippen LogP contribution in [0.4, 0.5) is 13.2 Å². The van der Waals surface area contributed by atoms with Gasteiger partial charge in [0.15, 0.2) is 0 Å². The van der Waals surface area contributed by atoms with Gasteiger partial charge in [-0.05, 0) is 65.7 Å². The fourth-order valence-corrected chi connectivity index (χ4v) is 3.43. The van der Waals surface area contributed by atoms with Gasteiger partial charge in [0.05, 0.1) is 0 Å². The molecule has 0 saturated heterocycles. The molecule has 0 unspecified atom stereocenters. The number of alkyl halides is 3. The monoisotopic (exact) mass is 416 g/mol. The van der Waals surface area contributed by atoms with Crippen molar-refractivity contribution in [1.29, 1.82) is 0 Å². The molecule has 3 aromatic rings. The first-order valence-electron chi connectivity index (χ1n) is 8.97. The molecule has 0 radical (unpaired) electrons. The van der Waals surface area contributed by atoms with E-state index in [0.29, 0.717) is 24.3 Å². The van der Waals surface area contributed by atoms with Gasteiger partial charge >= 0.3 is 5.51 Å². The second-order valence-corrected chi connectivity index (χ2v) is 7.74. The Bertz CT molecular complexity index is 968. The summed E-state index contributed by atoms with van der Waals surface area (Å²) in [7, 11) is 0. The number of thioether (sulfide) groups is 1. The minimum Gasteiger partial charge on any atom is -0.457 e. The average Bonchev–Trinajstić information content (AvgIpc) is 2.65. The number of carbonyl (C=O) groups is 1. The lowest BCUT2D eigenvalue weighted by molar-refractivity contribution is -0.117. The van der Waals surface area contributed by atoms with Crippen molar-refractivity contribution >= 4 is 17.5 Å². The molecular weight excluding hydrogens is 397 g/mol. The van der Waals surface area contributed by atoms with Gasteiger partial charge in [-0.15, -0.1) is 0 Å². The summed E-state index contributed by atoms with van der Waals surface area (Å²) in [4.78, 5) is 12.4. The fraction of sp³-hybridized carbons (Fsp3) is 0.174. The first-order valence-corrected chi connectivity index (χ1v) is 9.79. The minimum absolute atomic E-state index is 0.105. The van der Waals surface area contributed by atoms with Crippen molar-refractivity contribution < 1.29 is 22.7 Å². The SMILES string of the molecule is Cc1cc(CC(=O)Cc2ccccc2)ccc1Oc1ccc(SC(F)(F)F)cc1. The lowest BCUT2D eigenvalue weighted by atomic mass is 10.0. The van der Waals surface area contributed by atoms with Crippen molar-refractivity contribution in [2.75, 3.05) is 0 Å². The number of Topliss-reactive ketones (excluding diaryl/α,β-unsaturated/α-hetero) is 1. The number of ketones is 1. The van der Waals surface area contributed by atoms with E-state index in [0.717, 1.165) is 16.7 Å². The molecule has 2 nitrogen and oxygen atoms in total. The Balaban J connectivity index is 1.61. The molecule has 0 fully saturated rings. The van der Waals surface area contributed by atoms with Gasteiger partial charge in [0.25, 0.3) is 0 Å². The van der Waals surface area contributed by atoms with E-state index in [9.17, 15) is 18.0 Å². The molecule has 0 N–H and O–H groups in total. The topological polar surface area (TPSA) is 26.3 Å². The predicted molar refractivity (Wildman–Crippen MR) is 108 cm³/mol. The Labute approximate surface area is 171 Å².